The van der Waals surface area contributed by atoms with Crippen LogP contribution in [0, 0.1) is 6.92 Å². The Morgan fingerprint density at radius 2 is 2.27 bits per heavy atom. The van der Waals surface area contributed by atoms with Crippen LogP contribution < -0.4 is 4.74 Å². The normalized spacial score (nSPS) is 17.7. The Labute approximate surface area is 129 Å². The van der Waals surface area contributed by atoms with Gasteiger partial charge in [0.05, 0.1) is 18.1 Å². The van der Waals surface area contributed by atoms with Gasteiger partial charge in [-0.1, -0.05) is 17.3 Å². The summed E-state index contributed by atoms with van der Waals surface area (Å²) in [6.07, 6.45) is 0.837. The molecule has 2 aromatic rings. The summed E-state index contributed by atoms with van der Waals surface area (Å²) in [7, 11) is 0. The van der Waals surface area contributed by atoms with E-state index >= 15 is 0 Å². The third kappa shape index (κ3) is 2.81. The fraction of sp³-hybridized carbons (Fsp3) is 0.438. The van der Waals surface area contributed by atoms with Crippen molar-refractivity contribution >= 4 is 5.91 Å². The van der Waals surface area contributed by atoms with Crippen LogP contribution in [0.15, 0.2) is 28.8 Å². The molecular formula is C16H19N3O3. The summed E-state index contributed by atoms with van der Waals surface area (Å²) in [5, 5.41) is 3.82. The van der Waals surface area contributed by atoms with Crippen LogP contribution in [-0.4, -0.2) is 40.6 Å². The van der Waals surface area contributed by atoms with E-state index < -0.39 is 0 Å². The number of amides is 1. The van der Waals surface area contributed by atoms with Gasteiger partial charge in [-0.2, -0.15) is 4.98 Å². The monoisotopic (exact) mass is 301 g/mol. The first-order valence-electron chi connectivity index (χ1n) is 7.50. The highest BCUT2D eigenvalue weighted by Crippen LogP contribution is 2.29. The topological polar surface area (TPSA) is 68.5 Å². The molecule has 1 aromatic carbocycles. The summed E-state index contributed by atoms with van der Waals surface area (Å²) in [6.45, 7) is 5.52. The molecule has 2 heterocycles. The lowest BCUT2D eigenvalue weighted by Gasteiger charge is -2.18. The molecule has 1 fully saturated rings. The standard InChI is InChI=1S/C16H19N3O3/c1-3-21-14-7-5-4-6-13(14)16(20)19-9-8-12(10-19)15-17-11(2)18-22-15/h4-7,12H,3,8-10H2,1-2H3. The van der Waals surface area contributed by atoms with Crippen molar-refractivity contribution < 1.29 is 14.1 Å². The molecule has 1 aliphatic heterocycles. The summed E-state index contributed by atoms with van der Waals surface area (Å²) in [5.74, 6) is 1.98. The van der Waals surface area contributed by atoms with Crippen molar-refractivity contribution in [2.45, 2.75) is 26.2 Å². The highest BCUT2D eigenvalue weighted by Gasteiger charge is 2.32. The van der Waals surface area contributed by atoms with Crippen LogP contribution in [0.4, 0.5) is 0 Å². The molecule has 3 rings (SSSR count). The van der Waals surface area contributed by atoms with Crippen molar-refractivity contribution in [1.29, 1.82) is 0 Å². The lowest BCUT2D eigenvalue weighted by atomic mass is 10.1. The third-order valence-corrected chi connectivity index (χ3v) is 3.79. The van der Waals surface area contributed by atoms with Crippen molar-refractivity contribution in [2.24, 2.45) is 0 Å². The SMILES string of the molecule is CCOc1ccccc1C(=O)N1CCC(c2nc(C)no2)C1. The Kier molecular flexibility index (Phi) is 4.09. The van der Waals surface area contributed by atoms with Crippen LogP contribution in [-0.2, 0) is 0 Å². The predicted octanol–water partition coefficient (Wildman–Crippen LogP) is 2.41. The predicted molar refractivity (Wildman–Crippen MR) is 79.9 cm³/mol. The second-order valence-corrected chi connectivity index (χ2v) is 5.35. The molecule has 1 saturated heterocycles. The summed E-state index contributed by atoms with van der Waals surface area (Å²) < 4.78 is 10.8. The van der Waals surface area contributed by atoms with Crippen LogP contribution in [0.5, 0.6) is 5.75 Å². The number of benzene rings is 1. The Morgan fingerprint density at radius 1 is 1.45 bits per heavy atom. The molecule has 1 unspecified atom stereocenters. The van der Waals surface area contributed by atoms with Crippen molar-refractivity contribution in [3.8, 4) is 5.75 Å². The average Bonchev–Trinajstić information content (AvgIpc) is 3.16. The molecular weight excluding hydrogens is 282 g/mol. The quantitative estimate of drug-likeness (QED) is 0.867. The van der Waals surface area contributed by atoms with Gasteiger partial charge in [-0.05, 0) is 32.4 Å². The van der Waals surface area contributed by atoms with Crippen LogP contribution in [0.25, 0.3) is 0 Å². The van der Waals surface area contributed by atoms with Gasteiger partial charge in [0.1, 0.15) is 5.75 Å². The van der Waals surface area contributed by atoms with E-state index in [1.165, 1.54) is 0 Å². The van der Waals surface area contributed by atoms with Crippen LogP contribution in [0.2, 0.25) is 0 Å². The second kappa shape index (κ2) is 6.17. The molecule has 22 heavy (non-hydrogen) atoms. The summed E-state index contributed by atoms with van der Waals surface area (Å²) >= 11 is 0. The largest absolute Gasteiger partial charge is 0.493 e. The van der Waals surface area contributed by atoms with E-state index in [-0.39, 0.29) is 11.8 Å². The number of likely N-dealkylation sites (tertiary alicyclic amines) is 1. The Morgan fingerprint density at radius 3 is 3.00 bits per heavy atom. The van der Waals surface area contributed by atoms with Gasteiger partial charge in [-0.25, -0.2) is 0 Å². The zero-order chi connectivity index (χ0) is 15.5. The summed E-state index contributed by atoms with van der Waals surface area (Å²) in [4.78, 5) is 18.8. The number of ether oxygens (including phenoxy) is 1. The minimum absolute atomic E-state index is 0.0113. The number of hydrogen-bond acceptors (Lipinski definition) is 5. The number of para-hydroxylation sites is 1. The molecule has 1 atom stereocenters. The maximum absolute atomic E-state index is 12.7. The number of aryl methyl sites for hydroxylation is 1. The zero-order valence-electron chi connectivity index (χ0n) is 12.8. The molecule has 116 valence electrons. The Bertz CT molecular complexity index is 668. The average molecular weight is 301 g/mol. The smallest absolute Gasteiger partial charge is 0.257 e. The van der Waals surface area contributed by atoms with Crippen molar-refractivity contribution in [2.75, 3.05) is 19.7 Å². The molecule has 0 aliphatic carbocycles. The number of nitrogens with zero attached hydrogens (tertiary/aromatic N) is 3. The fourth-order valence-electron chi connectivity index (χ4n) is 2.72. The van der Waals surface area contributed by atoms with E-state index in [0.717, 1.165) is 6.42 Å². The minimum atomic E-state index is -0.0113. The summed E-state index contributed by atoms with van der Waals surface area (Å²) in [6, 6.07) is 7.35. The minimum Gasteiger partial charge on any atom is -0.493 e. The molecule has 6 heteroatoms. The Balaban J connectivity index is 1.74. The molecule has 0 N–H and O–H groups in total. The highest BCUT2D eigenvalue weighted by atomic mass is 16.5. The van der Waals surface area contributed by atoms with Crippen LogP contribution >= 0.6 is 0 Å². The number of hydrogen-bond donors (Lipinski definition) is 0. The number of carbonyl (C=O) groups is 1. The van der Waals surface area contributed by atoms with Gasteiger partial charge in [-0.3, -0.25) is 4.79 Å². The van der Waals surface area contributed by atoms with Crippen molar-refractivity contribution in [1.82, 2.24) is 15.0 Å². The van der Waals surface area contributed by atoms with Gasteiger partial charge in [0.25, 0.3) is 5.91 Å². The van der Waals surface area contributed by atoms with E-state index in [4.69, 9.17) is 9.26 Å². The van der Waals surface area contributed by atoms with Crippen LogP contribution in [0.1, 0.15) is 41.3 Å². The number of carbonyl (C=O) groups excluding carboxylic acids is 1. The highest BCUT2D eigenvalue weighted by molar-refractivity contribution is 5.97. The first-order valence-corrected chi connectivity index (χ1v) is 7.50. The van der Waals surface area contributed by atoms with Crippen molar-refractivity contribution in [3.05, 3.63) is 41.5 Å². The van der Waals surface area contributed by atoms with E-state index in [2.05, 4.69) is 10.1 Å². The summed E-state index contributed by atoms with van der Waals surface area (Å²) in [5.41, 5.74) is 0.603. The molecule has 6 nitrogen and oxygen atoms in total. The molecule has 1 aromatic heterocycles. The van der Waals surface area contributed by atoms with E-state index in [0.29, 0.717) is 42.7 Å². The van der Waals surface area contributed by atoms with Gasteiger partial charge in [-0.15, -0.1) is 0 Å². The van der Waals surface area contributed by atoms with Gasteiger partial charge in [0, 0.05) is 13.1 Å². The van der Waals surface area contributed by atoms with E-state index in [9.17, 15) is 4.79 Å². The lowest BCUT2D eigenvalue weighted by Crippen LogP contribution is -2.28. The first kappa shape index (κ1) is 14.6. The molecule has 1 amide bonds. The van der Waals surface area contributed by atoms with Crippen molar-refractivity contribution in [3.63, 3.8) is 0 Å². The Hall–Kier alpha value is -2.37. The first-order chi connectivity index (χ1) is 10.7. The van der Waals surface area contributed by atoms with E-state index in [1.807, 2.05) is 30.0 Å². The lowest BCUT2D eigenvalue weighted by molar-refractivity contribution is 0.0785. The maximum Gasteiger partial charge on any atom is 0.257 e. The molecule has 0 spiro atoms. The number of aromatic nitrogens is 2. The van der Waals surface area contributed by atoms with Gasteiger partial charge in [0.2, 0.25) is 5.89 Å². The molecule has 0 saturated carbocycles. The van der Waals surface area contributed by atoms with Gasteiger partial charge in [0.15, 0.2) is 5.82 Å². The maximum atomic E-state index is 12.7. The van der Waals surface area contributed by atoms with Gasteiger partial charge >= 0.3 is 0 Å². The van der Waals surface area contributed by atoms with Crippen LogP contribution in [0.3, 0.4) is 0 Å². The second-order valence-electron chi connectivity index (χ2n) is 5.35. The van der Waals surface area contributed by atoms with E-state index in [1.54, 1.807) is 13.0 Å². The molecule has 0 radical (unpaired) electrons. The number of rotatable bonds is 4. The third-order valence-electron chi connectivity index (χ3n) is 3.79. The molecule has 1 aliphatic rings. The fourth-order valence-corrected chi connectivity index (χ4v) is 2.72. The molecule has 0 bridgehead atoms. The zero-order valence-corrected chi connectivity index (χ0v) is 12.8. The van der Waals surface area contributed by atoms with Gasteiger partial charge < -0.3 is 14.2 Å².